The molecule has 0 radical (unpaired) electrons. The molecule has 1 saturated heterocycles. The standard InChI is InChI=1S/C30H34N4OS/c1-21-14-22(8-11-31-21)29-26-18-34(13-9-23(26)16-32-29)28(35)15-30(2)10-5-12-33(20-30)17-24-19-36-27-7-4-3-6-25(24)27/h3-4,6-8,11,14,19H,5,9-10,12-13,15-18,20H2,1-2H3. The lowest BCUT2D eigenvalue weighted by molar-refractivity contribution is -0.134. The first-order valence-corrected chi connectivity index (χ1v) is 14.0. The SMILES string of the molecule is Cc1cc(C2=NCC3=C2CN(C(=O)CC2(C)CCCN(Cc4csc5ccccc45)C2)CC3)ccn1. The highest BCUT2D eigenvalue weighted by atomic mass is 32.1. The second-order valence-electron chi connectivity index (χ2n) is 11.1. The van der Waals surface area contributed by atoms with Crippen molar-refractivity contribution in [3.05, 3.63) is 75.9 Å². The third-order valence-corrected chi connectivity index (χ3v) is 9.10. The molecule has 36 heavy (non-hydrogen) atoms. The maximum Gasteiger partial charge on any atom is 0.223 e. The Hall–Kier alpha value is -2.83. The number of likely N-dealkylation sites (tertiary alicyclic amines) is 1. The lowest BCUT2D eigenvalue weighted by Crippen LogP contribution is -2.46. The van der Waals surface area contributed by atoms with Gasteiger partial charge < -0.3 is 4.90 Å². The van der Waals surface area contributed by atoms with E-state index in [0.29, 0.717) is 18.9 Å². The van der Waals surface area contributed by atoms with E-state index < -0.39 is 0 Å². The van der Waals surface area contributed by atoms with Crippen molar-refractivity contribution in [2.75, 3.05) is 32.7 Å². The molecule has 1 fully saturated rings. The molecule has 3 aliphatic rings. The lowest BCUT2D eigenvalue weighted by atomic mass is 9.78. The van der Waals surface area contributed by atoms with E-state index in [1.807, 2.05) is 30.5 Å². The Balaban J connectivity index is 1.12. The normalized spacial score (nSPS) is 22.7. The summed E-state index contributed by atoms with van der Waals surface area (Å²) < 4.78 is 1.36. The number of carbonyl (C=O) groups excluding carboxylic acids is 1. The fourth-order valence-electron chi connectivity index (χ4n) is 6.24. The van der Waals surface area contributed by atoms with Gasteiger partial charge in [0.15, 0.2) is 0 Å². The Morgan fingerprint density at radius 3 is 2.97 bits per heavy atom. The van der Waals surface area contributed by atoms with E-state index in [2.05, 4.69) is 57.4 Å². The van der Waals surface area contributed by atoms with Crippen molar-refractivity contribution in [3.8, 4) is 0 Å². The number of piperidine rings is 1. The van der Waals surface area contributed by atoms with Crippen LogP contribution in [0.4, 0.5) is 0 Å². The molecule has 5 heterocycles. The number of thiophene rings is 1. The van der Waals surface area contributed by atoms with E-state index >= 15 is 0 Å². The Bertz CT molecular complexity index is 1370. The van der Waals surface area contributed by atoms with Crippen molar-refractivity contribution in [1.29, 1.82) is 0 Å². The minimum Gasteiger partial charge on any atom is -0.338 e. The third-order valence-electron chi connectivity index (χ3n) is 8.09. The summed E-state index contributed by atoms with van der Waals surface area (Å²) in [6.07, 6.45) is 5.68. The van der Waals surface area contributed by atoms with Crippen molar-refractivity contribution in [2.24, 2.45) is 10.4 Å². The van der Waals surface area contributed by atoms with E-state index in [0.717, 1.165) is 69.0 Å². The number of aromatic nitrogens is 1. The van der Waals surface area contributed by atoms with Gasteiger partial charge in [0.2, 0.25) is 5.91 Å². The van der Waals surface area contributed by atoms with E-state index in [1.165, 1.54) is 26.8 Å². The smallest absolute Gasteiger partial charge is 0.223 e. The number of hydrogen-bond acceptors (Lipinski definition) is 5. The van der Waals surface area contributed by atoms with E-state index in [4.69, 9.17) is 4.99 Å². The Morgan fingerprint density at radius 2 is 2.08 bits per heavy atom. The zero-order valence-electron chi connectivity index (χ0n) is 21.3. The summed E-state index contributed by atoms with van der Waals surface area (Å²) in [5, 5.41) is 3.69. The number of rotatable bonds is 5. The van der Waals surface area contributed by atoms with Gasteiger partial charge in [0, 0.05) is 54.8 Å². The maximum atomic E-state index is 13.6. The summed E-state index contributed by atoms with van der Waals surface area (Å²) in [5.74, 6) is 0.295. The maximum absolute atomic E-state index is 13.6. The molecule has 6 heteroatoms. The van der Waals surface area contributed by atoms with E-state index in [1.54, 1.807) is 0 Å². The van der Waals surface area contributed by atoms with Crippen LogP contribution >= 0.6 is 11.3 Å². The zero-order valence-corrected chi connectivity index (χ0v) is 22.1. The summed E-state index contributed by atoms with van der Waals surface area (Å²) in [6, 6.07) is 12.8. The first-order valence-electron chi connectivity index (χ1n) is 13.1. The second kappa shape index (κ2) is 9.56. The molecule has 0 aliphatic carbocycles. The molecule has 1 unspecified atom stereocenters. The zero-order chi connectivity index (χ0) is 24.7. The van der Waals surface area contributed by atoms with Gasteiger partial charge >= 0.3 is 0 Å². The van der Waals surface area contributed by atoms with Gasteiger partial charge in [-0.25, -0.2) is 0 Å². The Labute approximate surface area is 217 Å². The summed E-state index contributed by atoms with van der Waals surface area (Å²) >= 11 is 1.83. The number of amides is 1. The van der Waals surface area contributed by atoms with Gasteiger partial charge in [0.1, 0.15) is 0 Å². The quantitative estimate of drug-likeness (QED) is 0.458. The number of benzene rings is 1. The van der Waals surface area contributed by atoms with Crippen LogP contribution in [0.25, 0.3) is 10.1 Å². The Kier molecular flexibility index (Phi) is 6.26. The van der Waals surface area contributed by atoms with Crippen LogP contribution in [-0.4, -0.2) is 59.1 Å². The molecular formula is C30H34N4OS. The van der Waals surface area contributed by atoms with Gasteiger partial charge in [-0.3, -0.25) is 19.7 Å². The highest BCUT2D eigenvalue weighted by molar-refractivity contribution is 7.17. The molecule has 3 aliphatic heterocycles. The number of pyridine rings is 1. The molecular weight excluding hydrogens is 464 g/mol. The van der Waals surface area contributed by atoms with Crippen molar-refractivity contribution < 1.29 is 4.79 Å². The molecule has 1 atom stereocenters. The fraction of sp³-hybridized carbons (Fsp3) is 0.433. The van der Waals surface area contributed by atoms with Gasteiger partial charge in [-0.15, -0.1) is 11.3 Å². The molecule has 0 bridgehead atoms. The molecule has 2 aromatic heterocycles. The number of hydrogen-bond donors (Lipinski definition) is 0. The molecule has 0 spiro atoms. The molecule has 6 rings (SSSR count). The first-order chi connectivity index (χ1) is 17.5. The topological polar surface area (TPSA) is 48.8 Å². The van der Waals surface area contributed by atoms with Gasteiger partial charge in [-0.2, -0.15) is 0 Å². The first kappa shape index (κ1) is 23.6. The Morgan fingerprint density at radius 1 is 1.19 bits per heavy atom. The number of carbonyl (C=O) groups is 1. The van der Waals surface area contributed by atoms with Crippen LogP contribution in [0.2, 0.25) is 0 Å². The predicted octanol–water partition coefficient (Wildman–Crippen LogP) is 5.63. The third kappa shape index (κ3) is 4.64. The average molecular weight is 499 g/mol. The molecule has 0 saturated carbocycles. The predicted molar refractivity (Wildman–Crippen MR) is 148 cm³/mol. The number of nitrogens with zero attached hydrogens (tertiary/aromatic N) is 4. The molecule has 0 N–H and O–H groups in total. The fourth-order valence-corrected chi connectivity index (χ4v) is 7.19. The second-order valence-corrected chi connectivity index (χ2v) is 12.0. The summed E-state index contributed by atoms with van der Waals surface area (Å²) in [5.41, 5.74) is 7.29. The van der Waals surface area contributed by atoms with Gasteiger partial charge in [0.25, 0.3) is 0 Å². The van der Waals surface area contributed by atoms with Crippen LogP contribution < -0.4 is 0 Å². The number of aliphatic imine (C=N–C) groups is 1. The molecule has 5 nitrogen and oxygen atoms in total. The van der Waals surface area contributed by atoms with Gasteiger partial charge in [-0.1, -0.05) is 25.1 Å². The highest BCUT2D eigenvalue weighted by Crippen LogP contribution is 2.36. The molecule has 186 valence electrons. The van der Waals surface area contributed by atoms with Crippen LogP contribution in [0.1, 0.15) is 49.4 Å². The molecule has 1 aromatic carbocycles. The van der Waals surface area contributed by atoms with Crippen LogP contribution in [0, 0.1) is 12.3 Å². The van der Waals surface area contributed by atoms with Gasteiger partial charge in [0.05, 0.1) is 12.3 Å². The number of fused-ring (bicyclic) bond motifs is 1. The largest absolute Gasteiger partial charge is 0.338 e. The van der Waals surface area contributed by atoms with Crippen molar-refractivity contribution in [2.45, 2.75) is 46.1 Å². The van der Waals surface area contributed by atoms with E-state index in [-0.39, 0.29) is 5.41 Å². The van der Waals surface area contributed by atoms with Gasteiger partial charge in [-0.05, 0) is 83.8 Å². The summed E-state index contributed by atoms with van der Waals surface area (Å²) in [4.78, 5) is 27.4. The van der Waals surface area contributed by atoms with Crippen molar-refractivity contribution >= 4 is 33.0 Å². The van der Waals surface area contributed by atoms with Crippen LogP contribution in [0.15, 0.2) is 64.1 Å². The summed E-state index contributed by atoms with van der Waals surface area (Å²) in [7, 11) is 0. The molecule has 1 amide bonds. The highest BCUT2D eigenvalue weighted by Gasteiger charge is 2.36. The summed E-state index contributed by atoms with van der Waals surface area (Å²) in [6.45, 7) is 9.68. The van der Waals surface area contributed by atoms with Crippen LogP contribution in [0.5, 0.6) is 0 Å². The minimum atomic E-state index is 0.0185. The minimum absolute atomic E-state index is 0.0185. The number of aryl methyl sites for hydroxylation is 1. The average Bonchev–Trinajstić information content (AvgIpc) is 3.48. The molecule has 3 aromatic rings. The van der Waals surface area contributed by atoms with Crippen molar-refractivity contribution in [1.82, 2.24) is 14.8 Å². The van der Waals surface area contributed by atoms with E-state index in [9.17, 15) is 4.79 Å². The lowest BCUT2D eigenvalue weighted by Gasteiger charge is -2.41. The van der Waals surface area contributed by atoms with Crippen LogP contribution in [0.3, 0.4) is 0 Å². The van der Waals surface area contributed by atoms with Crippen molar-refractivity contribution in [3.63, 3.8) is 0 Å². The monoisotopic (exact) mass is 498 g/mol. The van der Waals surface area contributed by atoms with Crippen LogP contribution in [-0.2, 0) is 11.3 Å².